The predicted molar refractivity (Wildman–Crippen MR) is 88.2 cm³/mol. The third-order valence-corrected chi connectivity index (χ3v) is 3.96. The van der Waals surface area contributed by atoms with E-state index in [1.807, 2.05) is 19.1 Å². The minimum atomic E-state index is 0.489. The lowest BCUT2D eigenvalue weighted by atomic mass is 9.99. The number of methoxy groups -OCH3 is 1. The highest BCUT2D eigenvalue weighted by atomic mass is 16.5. The zero-order valence-electron chi connectivity index (χ0n) is 14.1. The maximum Gasteiger partial charge on any atom is 0.150 e. The average Bonchev–Trinajstić information content (AvgIpc) is 2.85. The second-order valence-corrected chi connectivity index (χ2v) is 6.18. The standard InChI is InChI=1S/C11H14O.C7H15NO/c1-8(2)11-5-9(3)4-10(6-11)7-12;1-8-5-3-4-7(8)6-9-2/h4-8H,1-3H3;7H,3-6H2,1-2H3/t;7-/m.1/s1. The first-order chi connectivity index (χ1) is 9.97. The minimum absolute atomic E-state index is 0.489. The van der Waals surface area contributed by atoms with E-state index in [4.69, 9.17) is 4.74 Å². The van der Waals surface area contributed by atoms with Crippen LogP contribution in [0.25, 0.3) is 0 Å². The summed E-state index contributed by atoms with van der Waals surface area (Å²) in [6.07, 6.45) is 3.55. The second-order valence-electron chi connectivity index (χ2n) is 6.18. The van der Waals surface area contributed by atoms with Gasteiger partial charge in [-0.3, -0.25) is 4.79 Å². The topological polar surface area (TPSA) is 29.5 Å². The van der Waals surface area contributed by atoms with E-state index in [2.05, 4.69) is 31.9 Å². The Hall–Kier alpha value is -1.19. The third-order valence-electron chi connectivity index (χ3n) is 3.96. The lowest BCUT2D eigenvalue weighted by Crippen LogP contribution is -2.28. The van der Waals surface area contributed by atoms with Crippen molar-refractivity contribution in [2.75, 3.05) is 27.3 Å². The SMILES string of the molecule is COC[C@H]1CCCN1C.Cc1cc(C=O)cc(C(C)C)c1. The van der Waals surface area contributed by atoms with Crippen LogP contribution in [-0.4, -0.2) is 44.5 Å². The van der Waals surface area contributed by atoms with E-state index < -0.39 is 0 Å². The Morgan fingerprint density at radius 1 is 1.38 bits per heavy atom. The molecule has 21 heavy (non-hydrogen) atoms. The Morgan fingerprint density at radius 2 is 2.10 bits per heavy atom. The molecule has 1 saturated heterocycles. The molecule has 0 radical (unpaired) electrons. The molecule has 3 heteroatoms. The number of carbonyl (C=O) groups excluding carboxylic acids is 1. The smallest absolute Gasteiger partial charge is 0.150 e. The van der Waals surface area contributed by atoms with E-state index in [-0.39, 0.29) is 0 Å². The predicted octanol–water partition coefficient (Wildman–Crippen LogP) is 3.66. The summed E-state index contributed by atoms with van der Waals surface area (Å²) < 4.78 is 5.05. The summed E-state index contributed by atoms with van der Waals surface area (Å²) in [6, 6.07) is 6.66. The Labute approximate surface area is 129 Å². The van der Waals surface area contributed by atoms with Crippen LogP contribution in [0.1, 0.15) is 54.1 Å². The molecular weight excluding hydrogens is 262 g/mol. The lowest BCUT2D eigenvalue weighted by molar-refractivity contribution is 0.112. The summed E-state index contributed by atoms with van der Waals surface area (Å²) in [6.45, 7) is 8.41. The van der Waals surface area contributed by atoms with E-state index in [0.717, 1.165) is 24.0 Å². The molecule has 1 atom stereocenters. The van der Waals surface area contributed by atoms with Crippen molar-refractivity contribution in [3.05, 3.63) is 34.9 Å². The van der Waals surface area contributed by atoms with Crippen molar-refractivity contribution in [1.29, 1.82) is 0 Å². The Morgan fingerprint density at radius 3 is 2.57 bits per heavy atom. The van der Waals surface area contributed by atoms with Gasteiger partial charge in [-0.1, -0.05) is 25.5 Å². The van der Waals surface area contributed by atoms with Crippen LogP contribution in [0.15, 0.2) is 18.2 Å². The zero-order chi connectivity index (χ0) is 15.8. The summed E-state index contributed by atoms with van der Waals surface area (Å²) in [4.78, 5) is 12.9. The van der Waals surface area contributed by atoms with Gasteiger partial charge >= 0.3 is 0 Å². The van der Waals surface area contributed by atoms with Gasteiger partial charge in [0.05, 0.1) is 6.61 Å². The van der Waals surface area contributed by atoms with Crippen LogP contribution >= 0.6 is 0 Å². The number of likely N-dealkylation sites (N-methyl/N-ethyl adjacent to an activating group) is 1. The fourth-order valence-corrected chi connectivity index (χ4v) is 2.63. The number of carbonyl (C=O) groups is 1. The maximum atomic E-state index is 10.5. The molecule has 0 aliphatic carbocycles. The molecule has 1 aliphatic heterocycles. The molecule has 0 saturated carbocycles. The monoisotopic (exact) mass is 291 g/mol. The van der Waals surface area contributed by atoms with Crippen molar-refractivity contribution >= 4 is 6.29 Å². The van der Waals surface area contributed by atoms with Crippen molar-refractivity contribution in [2.24, 2.45) is 0 Å². The first kappa shape index (κ1) is 17.9. The zero-order valence-corrected chi connectivity index (χ0v) is 14.1. The highest BCUT2D eigenvalue weighted by molar-refractivity contribution is 5.75. The molecule has 0 amide bonds. The number of ether oxygens (including phenoxy) is 1. The molecule has 118 valence electrons. The fourth-order valence-electron chi connectivity index (χ4n) is 2.63. The van der Waals surface area contributed by atoms with Crippen molar-refractivity contribution in [3.8, 4) is 0 Å². The molecule has 0 spiro atoms. The van der Waals surface area contributed by atoms with Crippen LogP contribution in [0.4, 0.5) is 0 Å². The molecule has 0 unspecified atom stereocenters. The highest BCUT2D eigenvalue weighted by Crippen LogP contribution is 2.17. The first-order valence-corrected chi connectivity index (χ1v) is 7.73. The number of rotatable bonds is 4. The molecule has 1 aromatic carbocycles. The molecule has 1 fully saturated rings. The lowest BCUT2D eigenvalue weighted by Gasteiger charge is -2.17. The molecular formula is C18H29NO2. The minimum Gasteiger partial charge on any atom is -0.383 e. The molecule has 1 heterocycles. The normalized spacial score (nSPS) is 18.5. The van der Waals surface area contributed by atoms with Crippen molar-refractivity contribution in [3.63, 3.8) is 0 Å². The van der Waals surface area contributed by atoms with Crippen LogP contribution in [-0.2, 0) is 4.74 Å². The summed E-state index contributed by atoms with van der Waals surface area (Å²) >= 11 is 0. The number of likely N-dealkylation sites (tertiary alicyclic amines) is 1. The van der Waals surface area contributed by atoms with Crippen LogP contribution in [0, 0.1) is 6.92 Å². The van der Waals surface area contributed by atoms with Crippen molar-refractivity contribution in [1.82, 2.24) is 4.90 Å². The van der Waals surface area contributed by atoms with Crippen LogP contribution < -0.4 is 0 Å². The number of benzene rings is 1. The molecule has 0 aromatic heterocycles. The number of aldehydes is 1. The summed E-state index contributed by atoms with van der Waals surface area (Å²) in [5.74, 6) is 0.489. The van der Waals surface area contributed by atoms with Crippen LogP contribution in [0.5, 0.6) is 0 Å². The fraction of sp³-hybridized carbons (Fsp3) is 0.611. The van der Waals surface area contributed by atoms with Gasteiger partial charge in [-0.15, -0.1) is 0 Å². The largest absolute Gasteiger partial charge is 0.383 e. The number of aryl methyl sites for hydroxylation is 1. The molecule has 1 aliphatic rings. The first-order valence-electron chi connectivity index (χ1n) is 7.73. The molecule has 0 N–H and O–H groups in total. The van der Waals surface area contributed by atoms with Gasteiger partial charge in [0.25, 0.3) is 0 Å². The van der Waals surface area contributed by atoms with Gasteiger partial charge in [0.2, 0.25) is 0 Å². The highest BCUT2D eigenvalue weighted by Gasteiger charge is 2.19. The van der Waals surface area contributed by atoms with Gasteiger partial charge in [0.15, 0.2) is 0 Å². The second kappa shape index (κ2) is 8.96. The third kappa shape index (κ3) is 5.98. The number of nitrogens with zero attached hydrogens (tertiary/aromatic N) is 1. The molecule has 2 rings (SSSR count). The number of hydrogen-bond donors (Lipinski definition) is 0. The quantitative estimate of drug-likeness (QED) is 0.793. The van der Waals surface area contributed by atoms with Gasteiger partial charge in [-0.05, 0) is 57.0 Å². The van der Waals surface area contributed by atoms with E-state index in [1.54, 1.807) is 7.11 Å². The van der Waals surface area contributed by atoms with E-state index in [1.165, 1.54) is 24.9 Å². The summed E-state index contributed by atoms with van der Waals surface area (Å²) in [7, 11) is 3.93. The van der Waals surface area contributed by atoms with Gasteiger partial charge < -0.3 is 9.64 Å². The van der Waals surface area contributed by atoms with E-state index in [0.29, 0.717) is 12.0 Å². The molecule has 3 nitrogen and oxygen atoms in total. The van der Waals surface area contributed by atoms with Crippen molar-refractivity contribution < 1.29 is 9.53 Å². The van der Waals surface area contributed by atoms with Gasteiger partial charge in [0.1, 0.15) is 6.29 Å². The Bertz CT molecular complexity index is 443. The molecule has 0 bridgehead atoms. The van der Waals surface area contributed by atoms with Crippen LogP contribution in [0.2, 0.25) is 0 Å². The number of hydrogen-bond acceptors (Lipinski definition) is 3. The van der Waals surface area contributed by atoms with Gasteiger partial charge in [0, 0.05) is 18.7 Å². The van der Waals surface area contributed by atoms with Crippen molar-refractivity contribution in [2.45, 2.75) is 45.6 Å². The average molecular weight is 291 g/mol. The summed E-state index contributed by atoms with van der Waals surface area (Å²) in [5.41, 5.74) is 3.17. The van der Waals surface area contributed by atoms with E-state index >= 15 is 0 Å². The Kier molecular flexibility index (Phi) is 7.62. The summed E-state index contributed by atoms with van der Waals surface area (Å²) in [5, 5.41) is 0. The van der Waals surface area contributed by atoms with Gasteiger partial charge in [-0.25, -0.2) is 0 Å². The van der Waals surface area contributed by atoms with Gasteiger partial charge in [-0.2, -0.15) is 0 Å². The van der Waals surface area contributed by atoms with Crippen LogP contribution in [0.3, 0.4) is 0 Å². The Balaban J connectivity index is 0.000000219. The maximum absolute atomic E-state index is 10.5. The van der Waals surface area contributed by atoms with E-state index in [9.17, 15) is 4.79 Å². The molecule has 1 aromatic rings.